The van der Waals surface area contributed by atoms with E-state index in [4.69, 9.17) is 10.5 Å². The van der Waals surface area contributed by atoms with Crippen LogP contribution in [0.4, 0.5) is 5.69 Å². The van der Waals surface area contributed by atoms with Crippen LogP contribution in [0.15, 0.2) is 24.3 Å². The highest BCUT2D eigenvalue weighted by Gasteiger charge is 2.41. The molecule has 21 heavy (non-hydrogen) atoms. The highest BCUT2D eigenvalue weighted by molar-refractivity contribution is 5.87. The molecule has 1 aromatic rings. The molecule has 1 saturated heterocycles. The van der Waals surface area contributed by atoms with Gasteiger partial charge in [0.15, 0.2) is 0 Å². The van der Waals surface area contributed by atoms with Gasteiger partial charge in [-0.25, -0.2) is 4.79 Å². The van der Waals surface area contributed by atoms with Crippen molar-refractivity contribution in [2.45, 2.75) is 31.2 Å². The van der Waals surface area contributed by atoms with Crippen molar-refractivity contribution in [2.75, 3.05) is 18.9 Å². The monoisotopic (exact) mass is 292 g/mol. The predicted octanol–water partition coefficient (Wildman–Crippen LogP) is 0.951. The molecule has 0 bridgehead atoms. The fourth-order valence-corrected chi connectivity index (χ4v) is 2.45. The molecule has 6 heteroatoms. The Morgan fingerprint density at radius 2 is 1.95 bits per heavy atom. The van der Waals surface area contributed by atoms with Crippen LogP contribution in [-0.2, 0) is 20.7 Å². The third-order valence-corrected chi connectivity index (χ3v) is 3.81. The van der Waals surface area contributed by atoms with E-state index in [9.17, 15) is 14.7 Å². The van der Waals surface area contributed by atoms with Crippen molar-refractivity contribution < 1.29 is 19.4 Å². The van der Waals surface area contributed by atoms with Crippen molar-refractivity contribution >= 4 is 17.6 Å². The highest BCUT2D eigenvalue weighted by Crippen LogP contribution is 2.21. The second kappa shape index (κ2) is 6.58. The number of nitrogens with one attached hydrogen (secondary N) is 1. The van der Waals surface area contributed by atoms with Crippen LogP contribution in [0, 0.1) is 0 Å². The van der Waals surface area contributed by atoms with E-state index in [0.29, 0.717) is 38.2 Å². The van der Waals surface area contributed by atoms with E-state index in [1.165, 1.54) is 0 Å². The van der Waals surface area contributed by atoms with E-state index >= 15 is 0 Å². The van der Waals surface area contributed by atoms with Gasteiger partial charge in [0.2, 0.25) is 5.91 Å². The molecule has 1 amide bonds. The number of ether oxygens (including phenoxy) is 1. The summed E-state index contributed by atoms with van der Waals surface area (Å²) in [6.45, 7) is 0.691. The largest absolute Gasteiger partial charge is 0.480 e. The zero-order valence-corrected chi connectivity index (χ0v) is 11.8. The molecule has 1 aromatic carbocycles. The summed E-state index contributed by atoms with van der Waals surface area (Å²) in [5.74, 6) is -1.28. The van der Waals surface area contributed by atoms with Crippen LogP contribution >= 0.6 is 0 Å². The molecule has 0 saturated carbocycles. The van der Waals surface area contributed by atoms with Crippen molar-refractivity contribution in [2.24, 2.45) is 0 Å². The normalized spacial score (nSPS) is 17.1. The third kappa shape index (κ3) is 3.72. The van der Waals surface area contributed by atoms with E-state index in [2.05, 4.69) is 5.32 Å². The SMILES string of the molecule is Nc1ccccc1CCC(=O)NC1(C(=O)O)CCOCC1. The van der Waals surface area contributed by atoms with Crippen LogP contribution in [0.2, 0.25) is 0 Å². The van der Waals surface area contributed by atoms with Crippen molar-refractivity contribution in [3.63, 3.8) is 0 Å². The lowest BCUT2D eigenvalue weighted by Crippen LogP contribution is -2.57. The van der Waals surface area contributed by atoms with Crippen molar-refractivity contribution in [1.82, 2.24) is 5.32 Å². The van der Waals surface area contributed by atoms with Crippen molar-refractivity contribution in [1.29, 1.82) is 0 Å². The number of benzene rings is 1. The van der Waals surface area contributed by atoms with Gasteiger partial charge in [-0.3, -0.25) is 4.79 Å². The average Bonchev–Trinajstić information content (AvgIpc) is 2.47. The van der Waals surface area contributed by atoms with Crippen LogP contribution in [0.5, 0.6) is 0 Å². The third-order valence-electron chi connectivity index (χ3n) is 3.81. The number of anilines is 1. The quantitative estimate of drug-likeness (QED) is 0.701. The van der Waals surface area contributed by atoms with Gasteiger partial charge in [0, 0.05) is 38.2 Å². The summed E-state index contributed by atoms with van der Waals surface area (Å²) >= 11 is 0. The number of carboxylic acid groups (broad SMARTS) is 1. The minimum absolute atomic E-state index is 0.212. The van der Waals surface area contributed by atoms with E-state index in [1.54, 1.807) is 6.07 Å². The van der Waals surface area contributed by atoms with Gasteiger partial charge in [0.1, 0.15) is 5.54 Å². The molecule has 0 aliphatic carbocycles. The molecule has 0 spiro atoms. The van der Waals surface area contributed by atoms with Crippen LogP contribution < -0.4 is 11.1 Å². The first-order valence-corrected chi connectivity index (χ1v) is 6.99. The molecule has 0 aromatic heterocycles. The summed E-state index contributed by atoms with van der Waals surface area (Å²) in [7, 11) is 0. The number of nitrogens with two attached hydrogens (primary N) is 1. The van der Waals surface area contributed by atoms with Crippen LogP contribution in [0.25, 0.3) is 0 Å². The number of carboxylic acids is 1. The summed E-state index contributed by atoms with van der Waals surface area (Å²) in [5, 5.41) is 12.0. The van der Waals surface area contributed by atoms with Gasteiger partial charge in [0.25, 0.3) is 0 Å². The molecule has 1 fully saturated rings. The smallest absolute Gasteiger partial charge is 0.329 e. The number of amides is 1. The molecule has 1 aliphatic rings. The molecule has 0 unspecified atom stereocenters. The second-order valence-corrected chi connectivity index (χ2v) is 5.25. The Labute approximate surface area is 123 Å². The molecule has 1 aliphatic heterocycles. The van der Waals surface area contributed by atoms with Crippen molar-refractivity contribution in [3.05, 3.63) is 29.8 Å². The van der Waals surface area contributed by atoms with Gasteiger partial charge in [-0.05, 0) is 18.1 Å². The predicted molar refractivity (Wildman–Crippen MR) is 77.7 cm³/mol. The maximum atomic E-state index is 12.0. The summed E-state index contributed by atoms with van der Waals surface area (Å²) in [6, 6.07) is 7.34. The number of rotatable bonds is 5. The van der Waals surface area contributed by atoms with Gasteiger partial charge in [0.05, 0.1) is 0 Å². The van der Waals surface area contributed by atoms with Crippen molar-refractivity contribution in [3.8, 4) is 0 Å². The number of aryl methyl sites for hydroxylation is 1. The molecular weight excluding hydrogens is 272 g/mol. The fraction of sp³-hybridized carbons (Fsp3) is 0.467. The Hall–Kier alpha value is -2.08. The topological polar surface area (TPSA) is 102 Å². The molecule has 2 rings (SSSR count). The van der Waals surface area contributed by atoms with E-state index < -0.39 is 11.5 Å². The van der Waals surface area contributed by atoms with Crippen LogP contribution in [-0.4, -0.2) is 35.7 Å². The first-order chi connectivity index (χ1) is 10.0. The summed E-state index contributed by atoms with van der Waals surface area (Å²) < 4.78 is 5.17. The van der Waals surface area contributed by atoms with Crippen LogP contribution in [0.1, 0.15) is 24.8 Å². The minimum Gasteiger partial charge on any atom is -0.480 e. The van der Waals surface area contributed by atoms with Gasteiger partial charge in [-0.15, -0.1) is 0 Å². The van der Waals surface area contributed by atoms with E-state index in [0.717, 1.165) is 5.56 Å². The molecule has 0 atom stereocenters. The number of nitrogen functional groups attached to an aromatic ring is 1. The molecule has 114 valence electrons. The fourth-order valence-electron chi connectivity index (χ4n) is 2.45. The first kappa shape index (κ1) is 15.3. The summed E-state index contributed by atoms with van der Waals surface area (Å²) in [6.07, 6.45) is 1.29. The lowest BCUT2D eigenvalue weighted by molar-refractivity contribution is -0.152. The number of aliphatic carboxylic acids is 1. The number of hydrogen-bond donors (Lipinski definition) is 3. The zero-order valence-electron chi connectivity index (χ0n) is 11.8. The van der Waals surface area contributed by atoms with E-state index in [1.807, 2.05) is 18.2 Å². The number of carbonyl (C=O) groups is 2. The summed E-state index contributed by atoms with van der Waals surface area (Å²) in [4.78, 5) is 23.5. The molecular formula is C15H20N2O4. The van der Waals surface area contributed by atoms with Gasteiger partial charge in [-0.2, -0.15) is 0 Å². The Morgan fingerprint density at radius 3 is 2.57 bits per heavy atom. The molecule has 0 radical (unpaired) electrons. The Bertz CT molecular complexity index is 524. The van der Waals surface area contributed by atoms with Gasteiger partial charge < -0.3 is 20.9 Å². The highest BCUT2D eigenvalue weighted by atomic mass is 16.5. The Balaban J connectivity index is 1.94. The maximum Gasteiger partial charge on any atom is 0.329 e. The first-order valence-electron chi connectivity index (χ1n) is 6.99. The maximum absolute atomic E-state index is 12.0. The number of para-hydroxylation sites is 1. The summed E-state index contributed by atoms with van der Waals surface area (Å²) in [5.41, 5.74) is 6.16. The Kier molecular flexibility index (Phi) is 4.80. The number of carbonyl (C=O) groups excluding carboxylic acids is 1. The van der Waals surface area contributed by atoms with Gasteiger partial charge in [-0.1, -0.05) is 18.2 Å². The van der Waals surface area contributed by atoms with Crippen LogP contribution in [0.3, 0.4) is 0 Å². The zero-order chi connectivity index (χ0) is 15.3. The average molecular weight is 292 g/mol. The molecule has 4 N–H and O–H groups in total. The minimum atomic E-state index is -1.20. The number of hydrogen-bond acceptors (Lipinski definition) is 4. The molecule has 6 nitrogen and oxygen atoms in total. The Morgan fingerprint density at radius 1 is 1.29 bits per heavy atom. The van der Waals surface area contributed by atoms with E-state index in [-0.39, 0.29) is 12.3 Å². The lowest BCUT2D eigenvalue weighted by atomic mass is 9.90. The second-order valence-electron chi connectivity index (χ2n) is 5.25. The van der Waals surface area contributed by atoms with Gasteiger partial charge >= 0.3 is 5.97 Å². The standard InChI is InChI=1S/C15H20N2O4/c16-12-4-2-1-3-11(12)5-6-13(18)17-15(14(19)20)7-9-21-10-8-15/h1-4H,5-10,16H2,(H,17,18)(H,19,20). The lowest BCUT2D eigenvalue weighted by Gasteiger charge is -2.33. The molecule has 1 heterocycles.